The molecule has 2 N–H and O–H groups in total. The maximum absolute atomic E-state index is 5.91. The topological polar surface area (TPSA) is 67.2 Å². The summed E-state index contributed by atoms with van der Waals surface area (Å²) in [6, 6.07) is 7.77. The summed E-state index contributed by atoms with van der Waals surface area (Å²) in [4.78, 5) is 2.35. The maximum Gasteiger partial charge on any atom is 0.210 e. The Morgan fingerprint density at radius 2 is 2.04 bits per heavy atom. The Balaban J connectivity index is 1.42. The van der Waals surface area contributed by atoms with Gasteiger partial charge in [-0.3, -0.25) is 10.3 Å². The summed E-state index contributed by atoms with van der Waals surface area (Å²) in [5.41, 5.74) is 4.27. The third-order valence-corrected chi connectivity index (χ3v) is 5.34. The van der Waals surface area contributed by atoms with Crippen molar-refractivity contribution in [3.05, 3.63) is 41.2 Å². The molecule has 1 aromatic carbocycles. The zero-order valence-corrected chi connectivity index (χ0v) is 16.6. The van der Waals surface area contributed by atoms with Gasteiger partial charge < -0.3 is 10.1 Å². The van der Waals surface area contributed by atoms with Gasteiger partial charge in [0.25, 0.3) is 0 Å². The van der Waals surface area contributed by atoms with Crippen LogP contribution in [0, 0.1) is 0 Å². The number of rotatable bonds is 7. The van der Waals surface area contributed by atoms with E-state index in [2.05, 4.69) is 25.8 Å². The lowest BCUT2D eigenvalue weighted by Crippen LogP contribution is -2.43. The van der Waals surface area contributed by atoms with Crippen LogP contribution in [-0.2, 0) is 10.5 Å². The first-order valence-corrected chi connectivity index (χ1v) is 10.1. The van der Waals surface area contributed by atoms with Crippen LogP contribution in [0.3, 0.4) is 0 Å². The number of hydrogen-bond acceptors (Lipinski definition) is 6. The largest absolute Gasteiger partial charge is 0.379 e. The van der Waals surface area contributed by atoms with Gasteiger partial charge in [0.05, 0.1) is 13.2 Å². The van der Waals surface area contributed by atoms with Crippen LogP contribution >= 0.6 is 35.6 Å². The van der Waals surface area contributed by atoms with Gasteiger partial charge in [0.15, 0.2) is 5.11 Å². The molecule has 26 heavy (non-hydrogen) atoms. The average molecular weight is 413 g/mol. The van der Waals surface area contributed by atoms with Crippen LogP contribution in [0.25, 0.3) is 0 Å². The minimum absolute atomic E-state index is 0.548. The van der Waals surface area contributed by atoms with E-state index in [4.69, 9.17) is 28.6 Å². The number of aromatic nitrogens is 3. The predicted octanol–water partition coefficient (Wildman–Crippen LogP) is 1.97. The van der Waals surface area contributed by atoms with Gasteiger partial charge in [-0.15, -0.1) is 10.2 Å². The zero-order valence-electron chi connectivity index (χ0n) is 14.2. The Labute approximate surface area is 167 Å². The quantitative estimate of drug-likeness (QED) is 0.528. The molecule has 1 saturated heterocycles. The highest BCUT2D eigenvalue weighted by Crippen LogP contribution is 2.21. The Morgan fingerprint density at radius 1 is 1.27 bits per heavy atom. The fourth-order valence-electron chi connectivity index (χ4n) is 2.43. The maximum atomic E-state index is 5.91. The second kappa shape index (κ2) is 10.1. The molecule has 0 radical (unpaired) electrons. The first-order chi connectivity index (χ1) is 12.7. The molecule has 0 amide bonds. The predicted molar refractivity (Wildman–Crippen MR) is 108 cm³/mol. The molecule has 1 aliphatic rings. The molecule has 0 spiro atoms. The normalized spacial score (nSPS) is 15.0. The van der Waals surface area contributed by atoms with Gasteiger partial charge in [-0.25, -0.2) is 4.68 Å². The summed E-state index contributed by atoms with van der Waals surface area (Å²) in [6.45, 7) is 5.26. The van der Waals surface area contributed by atoms with Crippen molar-refractivity contribution < 1.29 is 4.74 Å². The van der Waals surface area contributed by atoms with Gasteiger partial charge in [-0.1, -0.05) is 35.5 Å². The molecule has 1 fully saturated rings. The van der Waals surface area contributed by atoms with Crippen LogP contribution in [-0.4, -0.2) is 64.3 Å². The van der Waals surface area contributed by atoms with Crippen LogP contribution in [0.15, 0.2) is 35.7 Å². The van der Waals surface area contributed by atoms with E-state index in [0.29, 0.717) is 5.11 Å². The summed E-state index contributed by atoms with van der Waals surface area (Å²) < 4.78 is 7.07. The van der Waals surface area contributed by atoms with Crippen molar-refractivity contribution in [2.75, 3.05) is 44.8 Å². The molecule has 0 atom stereocenters. The smallest absolute Gasteiger partial charge is 0.210 e. The molecule has 0 saturated carbocycles. The van der Waals surface area contributed by atoms with E-state index < -0.39 is 0 Å². The number of thiocarbonyl (C=S) groups is 1. The minimum atomic E-state index is 0.548. The van der Waals surface area contributed by atoms with Gasteiger partial charge in [-0.2, -0.15) is 0 Å². The van der Waals surface area contributed by atoms with Crippen LogP contribution in [0.2, 0.25) is 5.02 Å². The number of nitrogens with zero attached hydrogens (tertiary/aromatic N) is 4. The van der Waals surface area contributed by atoms with Crippen molar-refractivity contribution in [3.8, 4) is 0 Å². The number of ether oxygens (including phenoxy) is 1. The molecule has 3 rings (SSSR count). The van der Waals surface area contributed by atoms with Gasteiger partial charge in [0.1, 0.15) is 6.33 Å². The number of morpholine rings is 1. The number of hydrogen-bond donors (Lipinski definition) is 2. The van der Waals surface area contributed by atoms with Crippen molar-refractivity contribution in [3.63, 3.8) is 0 Å². The SMILES string of the molecule is S=C(NCCN1CCOCC1)Nn1cnnc1SCc1ccc(Cl)cc1. The van der Waals surface area contributed by atoms with Crippen molar-refractivity contribution in [1.29, 1.82) is 0 Å². The second-order valence-corrected chi connectivity index (χ2v) is 7.51. The molecular weight excluding hydrogens is 392 g/mol. The molecule has 0 bridgehead atoms. The summed E-state index contributed by atoms with van der Waals surface area (Å²) >= 11 is 12.8. The number of thioether (sulfide) groups is 1. The summed E-state index contributed by atoms with van der Waals surface area (Å²) in [6.07, 6.45) is 1.61. The second-order valence-electron chi connectivity index (χ2n) is 5.72. The van der Waals surface area contributed by atoms with Crippen molar-refractivity contribution in [1.82, 2.24) is 25.1 Å². The molecule has 1 aliphatic heterocycles. The van der Waals surface area contributed by atoms with Gasteiger partial charge in [0.2, 0.25) is 5.16 Å². The summed E-state index contributed by atoms with van der Waals surface area (Å²) in [5, 5.41) is 13.3. The fourth-order valence-corrected chi connectivity index (χ4v) is 3.58. The highest BCUT2D eigenvalue weighted by Gasteiger charge is 2.10. The van der Waals surface area contributed by atoms with Crippen LogP contribution < -0.4 is 10.7 Å². The van der Waals surface area contributed by atoms with Crippen molar-refractivity contribution in [2.24, 2.45) is 0 Å². The first kappa shape index (κ1) is 19.4. The Morgan fingerprint density at radius 3 is 2.81 bits per heavy atom. The van der Waals surface area contributed by atoms with Gasteiger partial charge in [-0.05, 0) is 29.9 Å². The lowest BCUT2D eigenvalue weighted by molar-refractivity contribution is 0.0389. The molecule has 1 aromatic heterocycles. The Bertz CT molecular complexity index is 705. The third-order valence-electron chi connectivity index (χ3n) is 3.84. The van der Waals surface area contributed by atoms with Crippen LogP contribution in [0.5, 0.6) is 0 Å². The van der Waals surface area contributed by atoms with E-state index in [9.17, 15) is 0 Å². The average Bonchev–Trinajstić information content (AvgIpc) is 3.09. The van der Waals surface area contributed by atoms with Crippen LogP contribution in [0.1, 0.15) is 5.56 Å². The van der Waals surface area contributed by atoms with Gasteiger partial charge in [0, 0.05) is 37.0 Å². The molecule has 0 aliphatic carbocycles. The Hall–Kier alpha value is -1.39. The number of benzene rings is 1. The van der Waals surface area contributed by atoms with Crippen molar-refractivity contribution >= 4 is 40.7 Å². The summed E-state index contributed by atoms with van der Waals surface area (Å²) in [5.74, 6) is 0.773. The zero-order chi connectivity index (χ0) is 18.2. The molecule has 140 valence electrons. The molecular formula is C16H21ClN6OS2. The Kier molecular flexibility index (Phi) is 7.51. The highest BCUT2D eigenvalue weighted by molar-refractivity contribution is 7.98. The lowest BCUT2D eigenvalue weighted by atomic mass is 10.2. The molecule has 0 unspecified atom stereocenters. The monoisotopic (exact) mass is 412 g/mol. The lowest BCUT2D eigenvalue weighted by Gasteiger charge is -2.26. The molecule has 7 nitrogen and oxygen atoms in total. The van der Waals surface area contributed by atoms with E-state index in [0.717, 1.165) is 55.3 Å². The van der Waals surface area contributed by atoms with E-state index in [1.807, 2.05) is 24.3 Å². The minimum Gasteiger partial charge on any atom is -0.379 e. The number of nitrogens with one attached hydrogen (secondary N) is 2. The van der Waals surface area contributed by atoms with E-state index in [1.54, 1.807) is 22.8 Å². The molecule has 10 heteroatoms. The van der Waals surface area contributed by atoms with E-state index in [-0.39, 0.29) is 0 Å². The van der Waals surface area contributed by atoms with Crippen LogP contribution in [0.4, 0.5) is 0 Å². The standard InChI is InChI=1S/C16H21ClN6OS2/c17-14-3-1-13(2-4-14)11-26-16-20-19-12-23(16)21-15(25)18-5-6-22-7-9-24-10-8-22/h1-4,12H,5-11H2,(H2,18,21,25). The molecule has 2 aromatic rings. The highest BCUT2D eigenvalue weighted by atomic mass is 35.5. The number of halogens is 1. The van der Waals surface area contributed by atoms with E-state index >= 15 is 0 Å². The third kappa shape index (κ3) is 6.10. The van der Waals surface area contributed by atoms with E-state index in [1.165, 1.54) is 5.56 Å². The summed E-state index contributed by atoms with van der Waals surface area (Å²) in [7, 11) is 0. The molecule has 2 heterocycles. The first-order valence-electron chi connectivity index (χ1n) is 8.33. The van der Waals surface area contributed by atoms with Crippen molar-refractivity contribution in [2.45, 2.75) is 10.9 Å². The fraction of sp³-hybridized carbons (Fsp3) is 0.438. The van der Waals surface area contributed by atoms with Gasteiger partial charge >= 0.3 is 0 Å².